The van der Waals surface area contributed by atoms with Crippen molar-refractivity contribution in [1.82, 2.24) is 10.3 Å². The molecule has 0 aliphatic heterocycles. The number of carbonyl (C=O) groups excluding carboxylic acids is 2. The number of anilines is 1. The number of hydrogen-bond donors (Lipinski definition) is 5. The van der Waals surface area contributed by atoms with Crippen LogP contribution >= 0.6 is 0 Å². The number of nitrogens with two attached hydrogens (primary N) is 3. The summed E-state index contributed by atoms with van der Waals surface area (Å²) in [4.78, 5) is 27.8. The summed E-state index contributed by atoms with van der Waals surface area (Å²) in [6, 6.07) is 4.19. The molecule has 0 radical (unpaired) electrons. The van der Waals surface area contributed by atoms with Gasteiger partial charge in [0, 0.05) is 11.3 Å². The maximum absolute atomic E-state index is 13.7. The molecule has 8 N–H and O–H groups in total. The van der Waals surface area contributed by atoms with Crippen LogP contribution in [0.15, 0.2) is 24.3 Å². The average molecular weight is 523 g/mol. The zero-order valence-electron chi connectivity index (χ0n) is 20.1. The van der Waals surface area contributed by atoms with Crippen LogP contribution in [0.4, 0.5) is 23.2 Å². The first-order valence-corrected chi connectivity index (χ1v) is 11.8. The van der Waals surface area contributed by atoms with Gasteiger partial charge in [0.2, 0.25) is 11.8 Å². The molecule has 0 bridgehead atoms. The standard InChI is InChI=1S/C25H30F4N6O2/c26-20-17(21(27)23(29)35-22(20)28)12-9-15-7-10-16(11-8-15)33-25(37)19(6-2-4-14-31)34-24(36)18(32)5-1-3-13-30/h7-8,10-11,18-19H,1-6,13-14,30-32H2,(H,33,37)(H,34,36)/t18-,19-/m0/s1. The fraction of sp³-hybridized carbons (Fsp3) is 0.400. The predicted octanol–water partition coefficient (Wildman–Crippen LogP) is 2.05. The highest BCUT2D eigenvalue weighted by Gasteiger charge is 2.23. The number of pyridine rings is 1. The summed E-state index contributed by atoms with van der Waals surface area (Å²) in [5.74, 6) is -3.45. The number of amides is 2. The van der Waals surface area contributed by atoms with Gasteiger partial charge in [0.25, 0.3) is 11.9 Å². The Balaban J connectivity index is 2.08. The van der Waals surface area contributed by atoms with Crippen molar-refractivity contribution >= 4 is 17.5 Å². The van der Waals surface area contributed by atoms with Crippen molar-refractivity contribution in [3.8, 4) is 11.8 Å². The molecule has 8 nitrogen and oxygen atoms in total. The molecule has 1 aromatic heterocycles. The van der Waals surface area contributed by atoms with Crippen molar-refractivity contribution in [2.45, 2.75) is 50.6 Å². The number of benzene rings is 1. The summed E-state index contributed by atoms with van der Waals surface area (Å²) in [5.41, 5.74) is 16.4. The Labute approximate surface area is 212 Å². The van der Waals surface area contributed by atoms with Crippen molar-refractivity contribution in [3.05, 3.63) is 58.9 Å². The molecule has 2 rings (SSSR count). The van der Waals surface area contributed by atoms with E-state index in [4.69, 9.17) is 17.2 Å². The average Bonchev–Trinajstić information content (AvgIpc) is 2.87. The van der Waals surface area contributed by atoms with E-state index in [1.807, 2.05) is 0 Å². The highest BCUT2D eigenvalue weighted by atomic mass is 19.2. The van der Waals surface area contributed by atoms with Gasteiger partial charge in [0.1, 0.15) is 11.6 Å². The first kappa shape index (κ1) is 29.7. The summed E-state index contributed by atoms with van der Waals surface area (Å²) in [5, 5.41) is 5.37. The van der Waals surface area contributed by atoms with Gasteiger partial charge >= 0.3 is 0 Å². The number of aromatic nitrogens is 1. The Morgan fingerprint density at radius 3 is 1.97 bits per heavy atom. The van der Waals surface area contributed by atoms with Crippen molar-refractivity contribution in [3.63, 3.8) is 0 Å². The molecule has 0 unspecified atom stereocenters. The van der Waals surface area contributed by atoms with Gasteiger partial charge in [-0.3, -0.25) is 9.59 Å². The second-order valence-electron chi connectivity index (χ2n) is 8.25. The van der Waals surface area contributed by atoms with Gasteiger partial charge in [-0.2, -0.15) is 13.8 Å². The molecule has 2 atom stereocenters. The number of nitrogens with one attached hydrogen (secondary N) is 2. The summed E-state index contributed by atoms with van der Waals surface area (Å²) >= 11 is 0. The van der Waals surface area contributed by atoms with Crippen molar-refractivity contribution < 1.29 is 27.2 Å². The van der Waals surface area contributed by atoms with Gasteiger partial charge in [-0.15, -0.1) is 0 Å². The van der Waals surface area contributed by atoms with E-state index in [0.717, 1.165) is 6.42 Å². The lowest BCUT2D eigenvalue weighted by atomic mass is 10.1. The third-order valence-electron chi connectivity index (χ3n) is 5.37. The van der Waals surface area contributed by atoms with Crippen LogP contribution in [-0.4, -0.2) is 42.0 Å². The maximum atomic E-state index is 13.7. The molecule has 200 valence electrons. The van der Waals surface area contributed by atoms with Crippen LogP contribution < -0.4 is 27.8 Å². The van der Waals surface area contributed by atoms with Crippen LogP contribution in [0.5, 0.6) is 0 Å². The van der Waals surface area contributed by atoms with E-state index in [2.05, 4.69) is 27.5 Å². The zero-order chi connectivity index (χ0) is 27.4. The van der Waals surface area contributed by atoms with Gasteiger partial charge in [0.15, 0.2) is 11.6 Å². The lowest BCUT2D eigenvalue weighted by molar-refractivity contribution is -0.127. The molecule has 1 aromatic carbocycles. The molecule has 0 saturated carbocycles. The smallest absolute Gasteiger partial charge is 0.253 e. The van der Waals surface area contributed by atoms with E-state index >= 15 is 0 Å². The molecule has 12 heteroatoms. The third kappa shape index (κ3) is 9.13. The highest BCUT2D eigenvalue weighted by molar-refractivity contribution is 5.97. The van der Waals surface area contributed by atoms with E-state index in [0.29, 0.717) is 50.9 Å². The molecule has 0 saturated heterocycles. The molecule has 0 fully saturated rings. The fourth-order valence-corrected chi connectivity index (χ4v) is 3.28. The molecule has 1 heterocycles. The highest BCUT2D eigenvalue weighted by Crippen LogP contribution is 2.16. The summed E-state index contributed by atoms with van der Waals surface area (Å²) in [6.07, 6.45) is 3.49. The normalized spacial score (nSPS) is 12.3. The van der Waals surface area contributed by atoms with E-state index in [1.165, 1.54) is 24.3 Å². The predicted molar refractivity (Wildman–Crippen MR) is 131 cm³/mol. The first-order valence-electron chi connectivity index (χ1n) is 11.8. The lowest BCUT2D eigenvalue weighted by Gasteiger charge is -2.21. The van der Waals surface area contributed by atoms with Gasteiger partial charge in [-0.1, -0.05) is 18.3 Å². The molecular weight excluding hydrogens is 492 g/mol. The van der Waals surface area contributed by atoms with Gasteiger partial charge in [0.05, 0.1) is 6.04 Å². The molecule has 0 spiro atoms. The Kier molecular flexibility index (Phi) is 12.0. The van der Waals surface area contributed by atoms with Crippen molar-refractivity contribution in [2.24, 2.45) is 17.2 Å². The summed E-state index contributed by atoms with van der Waals surface area (Å²) in [7, 11) is 0. The Morgan fingerprint density at radius 2 is 1.41 bits per heavy atom. The quantitative estimate of drug-likeness (QED) is 0.125. The number of nitrogens with zero attached hydrogens (tertiary/aromatic N) is 1. The third-order valence-corrected chi connectivity index (χ3v) is 5.37. The fourth-order valence-electron chi connectivity index (χ4n) is 3.28. The Morgan fingerprint density at radius 1 is 0.838 bits per heavy atom. The number of rotatable bonds is 12. The first-order chi connectivity index (χ1) is 17.7. The van der Waals surface area contributed by atoms with Crippen molar-refractivity contribution in [1.29, 1.82) is 0 Å². The number of halogens is 4. The largest absolute Gasteiger partial charge is 0.343 e. The summed E-state index contributed by atoms with van der Waals surface area (Å²) in [6.45, 7) is 0.938. The van der Waals surface area contributed by atoms with Gasteiger partial charge < -0.3 is 27.8 Å². The SMILES string of the molecule is NCCCC[C@H](NC(=O)[C@@H](N)CCCCN)C(=O)Nc1ccc(C#Cc2c(F)c(F)nc(F)c2F)cc1. The van der Waals surface area contributed by atoms with Crippen LogP contribution in [0.25, 0.3) is 0 Å². The second-order valence-corrected chi connectivity index (χ2v) is 8.25. The van der Waals surface area contributed by atoms with E-state index < -0.39 is 53.0 Å². The topological polar surface area (TPSA) is 149 Å². The maximum Gasteiger partial charge on any atom is 0.253 e. The van der Waals surface area contributed by atoms with Crippen LogP contribution in [-0.2, 0) is 9.59 Å². The Bertz CT molecular complexity index is 1110. The van der Waals surface area contributed by atoms with Crippen molar-refractivity contribution in [2.75, 3.05) is 18.4 Å². The minimum Gasteiger partial charge on any atom is -0.343 e. The van der Waals surface area contributed by atoms with Crippen LogP contribution in [0.1, 0.15) is 49.7 Å². The molecule has 0 aliphatic carbocycles. The number of hydrogen-bond acceptors (Lipinski definition) is 6. The minimum absolute atomic E-state index is 0.255. The molecular formula is C25H30F4N6O2. The molecule has 37 heavy (non-hydrogen) atoms. The molecule has 0 aliphatic rings. The van der Waals surface area contributed by atoms with Gasteiger partial charge in [-0.25, -0.2) is 8.78 Å². The zero-order valence-corrected chi connectivity index (χ0v) is 20.1. The number of unbranched alkanes of at least 4 members (excludes halogenated alkanes) is 2. The lowest BCUT2D eigenvalue weighted by Crippen LogP contribution is -2.50. The second kappa shape index (κ2) is 14.9. The van der Waals surface area contributed by atoms with Gasteiger partial charge in [-0.05, 0) is 69.5 Å². The van der Waals surface area contributed by atoms with E-state index in [1.54, 1.807) is 0 Å². The molecule has 2 aromatic rings. The summed E-state index contributed by atoms with van der Waals surface area (Å²) < 4.78 is 53.9. The Hall–Kier alpha value is -3.53. The molecule has 2 amide bonds. The minimum atomic E-state index is -1.80. The number of carbonyl (C=O) groups is 2. The monoisotopic (exact) mass is 522 g/mol. The van der Waals surface area contributed by atoms with Crippen LogP contribution in [0, 0.1) is 35.4 Å². The van der Waals surface area contributed by atoms with E-state index in [-0.39, 0.29) is 5.56 Å². The van der Waals surface area contributed by atoms with Crippen LogP contribution in [0.3, 0.4) is 0 Å². The van der Waals surface area contributed by atoms with E-state index in [9.17, 15) is 27.2 Å². The van der Waals surface area contributed by atoms with Crippen LogP contribution in [0.2, 0.25) is 0 Å².